The minimum absolute atomic E-state index is 0.489. The van der Waals surface area contributed by atoms with E-state index < -0.39 is 0 Å². The van der Waals surface area contributed by atoms with Crippen LogP contribution in [0.5, 0.6) is 0 Å². The van der Waals surface area contributed by atoms with Gasteiger partial charge in [0.25, 0.3) is 0 Å². The maximum Gasteiger partial charge on any atom is 0.0316 e. The normalized spacial score (nSPS) is 24.3. The van der Waals surface area contributed by atoms with Gasteiger partial charge in [-0.2, -0.15) is 0 Å². The molecule has 0 aromatic heterocycles. The number of nitrogens with two attached hydrogens (primary N) is 1. The Bertz CT molecular complexity index is 390. The van der Waals surface area contributed by atoms with Crippen LogP contribution in [0.2, 0.25) is 0 Å². The minimum atomic E-state index is 0.489. The highest BCUT2D eigenvalue weighted by molar-refractivity contribution is 5.44. The van der Waals surface area contributed by atoms with Crippen molar-refractivity contribution < 1.29 is 0 Å². The largest absolute Gasteiger partial charge is 0.399 e. The van der Waals surface area contributed by atoms with Gasteiger partial charge in [0.15, 0.2) is 0 Å². The molecule has 78 valence electrons. The van der Waals surface area contributed by atoms with Gasteiger partial charge in [0.1, 0.15) is 0 Å². The van der Waals surface area contributed by atoms with E-state index in [2.05, 4.69) is 43.4 Å². The lowest BCUT2D eigenvalue weighted by Gasteiger charge is -2.23. The van der Waals surface area contributed by atoms with Gasteiger partial charge in [-0.25, -0.2) is 0 Å². The third kappa shape index (κ3) is 2.12. The highest BCUT2D eigenvalue weighted by Gasteiger charge is 2.18. The summed E-state index contributed by atoms with van der Waals surface area (Å²) in [4.78, 5) is 0. The van der Waals surface area contributed by atoms with Gasteiger partial charge in [-0.3, -0.25) is 0 Å². The van der Waals surface area contributed by atoms with E-state index in [1.54, 1.807) is 0 Å². The van der Waals surface area contributed by atoms with E-state index in [-0.39, 0.29) is 0 Å². The molecule has 1 aromatic rings. The molecule has 0 fully saturated rings. The SMILES string of the molecule is CCC1C=CC=CC1c1cccc(N)c1. The monoisotopic (exact) mass is 199 g/mol. The quantitative estimate of drug-likeness (QED) is 0.725. The summed E-state index contributed by atoms with van der Waals surface area (Å²) in [5.74, 6) is 1.10. The number of benzene rings is 1. The Balaban J connectivity index is 2.29. The summed E-state index contributed by atoms with van der Waals surface area (Å²) in [5, 5.41) is 0. The fourth-order valence-electron chi connectivity index (χ4n) is 2.17. The summed E-state index contributed by atoms with van der Waals surface area (Å²) < 4.78 is 0. The Kier molecular flexibility index (Phi) is 2.91. The highest BCUT2D eigenvalue weighted by Crippen LogP contribution is 2.32. The number of anilines is 1. The van der Waals surface area contributed by atoms with Gasteiger partial charge in [-0.05, 0) is 30.0 Å². The molecule has 2 unspecified atom stereocenters. The van der Waals surface area contributed by atoms with E-state index in [1.807, 2.05) is 12.1 Å². The van der Waals surface area contributed by atoms with Crippen molar-refractivity contribution in [3.05, 3.63) is 54.1 Å². The first kappa shape index (κ1) is 10.0. The number of nitrogen functional groups attached to an aromatic ring is 1. The average Bonchev–Trinajstić information content (AvgIpc) is 2.29. The Morgan fingerprint density at radius 3 is 2.73 bits per heavy atom. The van der Waals surface area contributed by atoms with Crippen LogP contribution in [0.3, 0.4) is 0 Å². The lowest BCUT2D eigenvalue weighted by Crippen LogP contribution is -2.10. The fraction of sp³-hybridized carbons (Fsp3) is 0.286. The van der Waals surface area contributed by atoms with Crippen molar-refractivity contribution in [3.8, 4) is 0 Å². The van der Waals surface area contributed by atoms with Crippen LogP contribution < -0.4 is 5.73 Å². The molecule has 0 aliphatic heterocycles. The summed E-state index contributed by atoms with van der Waals surface area (Å²) in [7, 11) is 0. The molecule has 1 aromatic carbocycles. The van der Waals surface area contributed by atoms with Crippen molar-refractivity contribution >= 4 is 5.69 Å². The first-order chi connectivity index (χ1) is 7.31. The van der Waals surface area contributed by atoms with Crippen LogP contribution in [0, 0.1) is 5.92 Å². The number of rotatable bonds is 2. The van der Waals surface area contributed by atoms with Gasteiger partial charge in [0, 0.05) is 11.6 Å². The van der Waals surface area contributed by atoms with Gasteiger partial charge in [-0.1, -0.05) is 43.4 Å². The number of hydrogen-bond acceptors (Lipinski definition) is 1. The molecule has 15 heavy (non-hydrogen) atoms. The molecule has 1 aliphatic rings. The van der Waals surface area contributed by atoms with Gasteiger partial charge in [0.2, 0.25) is 0 Å². The van der Waals surface area contributed by atoms with Gasteiger partial charge in [-0.15, -0.1) is 0 Å². The summed E-state index contributed by atoms with van der Waals surface area (Å²) in [6.07, 6.45) is 9.98. The summed E-state index contributed by atoms with van der Waals surface area (Å²) >= 11 is 0. The number of hydrogen-bond donors (Lipinski definition) is 1. The molecule has 2 atom stereocenters. The van der Waals surface area contributed by atoms with E-state index >= 15 is 0 Å². The lowest BCUT2D eigenvalue weighted by molar-refractivity contribution is 0.559. The second-order valence-electron chi connectivity index (χ2n) is 4.04. The van der Waals surface area contributed by atoms with E-state index in [1.165, 1.54) is 12.0 Å². The molecule has 0 saturated carbocycles. The van der Waals surface area contributed by atoms with E-state index in [0.29, 0.717) is 11.8 Å². The minimum Gasteiger partial charge on any atom is -0.399 e. The van der Waals surface area contributed by atoms with Gasteiger partial charge < -0.3 is 5.73 Å². The zero-order valence-electron chi connectivity index (χ0n) is 9.06. The Morgan fingerprint density at radius 2 is 2.00 bits per heavy atom. The van der Waals surface area contributed by atoms with Crippen molar-refractivity contribution in [2.24, 2.45) is 5.92 Å². The lowest BCUT2D eigenvalue weighted by atomic mass is 9.81. The van der Waals surface area contributed by atoms with Crippen LogP contribution in [0.1, 0.15) is 24.8 Å². The third-order valence-corrected chi connectivity index (χ3v) is 3.02. The van der Waals surface area contributed by atoms with Crippen molar-refractivity contribution in [2.45, 2.75) is 19.3 Å². The highest BCUT2D eigenvalue weighted by atomic mass is 14.5. The summed E-state index contributed by atoms with van der Waals surface area (Å²) in [6, 6.07) is 8.21. The zero-order chi connectivity index (χ0) is 10.7. The Morgan fingerprint density at radius 1 is 1.20 bits per heavy atom. The maximum atomic E-state index is 5.81. The van der Waals surface area contributed by atoms with E-state index in [9.17, 15) is 0 Å². The van der Waals surface area contributed by atoms with Crippen molar-refractivity contribution in [1.29, 1.82) is 0 Å². The second kappa shape index (κ2) is 4.35. The standard InChI is InChI=1S/C14H17N/c1-2-11-6-3-4-9-14(11)12-7-5-8-13(15)10-12/h3-11,14H,2,15H2,1H3. The molecule has 0 amide bonds. The molecule has 0 spiro atoms. The zero-order valence-corrected chi connectivity index (χ0v) is 9.06. The van der Waals surface area contributed by atoms with Crippen LogP contribution in [0.4, 0.5) is 5.69 Å². The first-order valence-corrected chi connectivity index (χ1v) is 5.51. The fourth-order valence-corrected chi connectivity index (χ4v) is 2.17. The van der Waals surface area contributed by atoms with Crippen LogP contribution in [-0.4, -0.2) is 0 Å². The van der Waals surface area contributed by atoms with Crippen LogP contribution in [0.15, 0.2) is 48.6 Å². The molecule has 1 nitrogen and oxygen atoms in total. The van der Waals surface area contributed by atoms with Crippen molar-refractivity contribution in [1.82, 2.24) is 0 Å². The van der Waals surface area contributed by atoms with E-state index in [0.717, 1.165) is 5.69 Å². The predicted molar refractivity (Wildman–Crippen MR) is 65.7 cm³/mol. The first-order valence-electron chi connectivity index (χ1n) is 5.51. The molecule has 0 heterocycles. The molecule has 0 radical (unpaired) electrons. The Labute approximate surface area is 91.3 Å². The molecule has 2 rings (SSSR count). The molecule has 0 bridgehead atoms. The molecule has 0 saturated heterocycles. The molecule has 1 heteroatoms. The van der Waals surface area contributed by atoms with Crippen LogP contribution in [-0.2, 0) is 0 Å². The third-order valence-electron chi connectivity index (χ3n) is 3.02. The summed E-state index contributed by atoms with van der Waals surface area (Å²) in [5.41, 5.74) is 7.98. The van der Waals surface area contributed by atoms with Crippen molar-refractivity contribution in [3.63, 3.8) is 0 Å². The molecule has 2 N–H and O–H groups in total. The number of allylic oxidation sites excluding steroid dienone is 4. The summed E-state index contributed by atoms with van der Waals surface area (Å²) in [6.45, 7) is 2.23. The van der Waals surface area contributed by atoms with Gasteiger partial charge >= 0.3 is 0 Å². The molecular weight excluding hydrogens is 182 g/mol. The predicted octanol–water partition coefficient (Wildman–Crippen LogP) is 3.50. The van der Waals surface area contributed by atoms with Crippen LogP contribution in [0.25, 0.3) is 0 Å². The molecular formula is C14H17N. The average molecular weight is 199 g/mol. The smallest absolute Gasteiger partial charge is 0.0316 e. The van der Waals surface area contributed by atoms with Crippen molar-refractivity contribution in [2.75, 3.05) is 5.73 Å². The second-order valence-corrected chi connectivity index (χ2v) is 4.04. The molecule has 1 aliphatic carbocycles. The Hall–Kier alpha value is -1.50. The topological polar surface area (TPSA) is 26.0 Å². The van der Waals surface area contributed by atoms with E-state index in [4.69, 9.17) is 5.73 Å². The van der Waals surface area contributed by atoms with Gasteiger partial charge in [0.05, 0.1) is 0 Å². The maximum absolute atomic E-state index is 5.81. The van der Waals surface area contributed by atoms with Crippen LogP contribution >= 0.6 is 0 Å².